The molecule has 0 N–H and O–H groups in total. The van der Waals surface area contributed by atoms with E-state index in [1.807, 2.05) is 14.0 Å². The molecule has 0 atom stereocenters. The summed E-state index contributed by atoms with van der Waals surface area (Å²) in [5.74, 6) is 0.644. The number of nitrogens with zero attached hydrogens (tertiary/aromatic N) is 4. The molecule has 5 heteroatoms. The standard InChI is InChI=1S/C24H28N4O/c1-5-16-11-20-18(10-15(2)24(29)27(20)4)21(12-16)28-9-8-26(3)22-13-19(17-6-7-17)25-14-23(22)28/h10-14,17H,5-9H2,1-4H3. The highest BCUT2D eigenvalue weighted by Gasteiger charge is 2.29. The third-order valence-electron chi connectivity index (χ3n) is 6.50. The van der Waals surface area contributed by atoms with Gasteiger partial charge in [-0.15, -0.1) is 0 Å². The van der Waals surface area contributed by atoms with Crippen molar-refractivity contribution in [3.8, 4) is 0 Å². The normalized spacial score (nSPS) is 16.4. The highest BCUT2D eigenvalue weighted by molar-refractivity contribution is 5.97. The Morgan fingerprint density at radius 3 is 2.55 bits per heavy atom. The first-order chi connectivity index (χ1) is 14.0. The van der Waals surface area contributed by atoms with Crippen LogP contribution in [-0.2, 0) is 13.5 Å². The number of hydrogen-bond acceptors (Lipinski definition) is 4. The first-order valence-corrected chi connectivity index (χ1v) is 10.6. The number of pyridine rings is 2. The lowest BCUT2D eigenvalue weighted by Gasteiger charge is -2.37. The molecular weight excluding hydrogens is 360 g/mol. The predicted octanol–water partition coefficient (Wildman–Crippen LogP) is 4.27. The Labute approximate surface area is 171 Å². The number of fused-ring (bicyclic) bond motifs is 2. The van der Waals surface area contributed by atoms with Gasteiger partial charge in [0.2, 0.25) is 0 Å². The molecule has 1 aliphatic carbocycles. The van der Waals surface area contributed by atoms with Gasteiger partial charge in [-0.05, 0) is 56.0 Å². The molecule has 1 aliphatic heterocycles. The van der Waals surface area contributed by atoms with Crippen molar-refractivity contribution < 1.29 is 0 Å². The van der Waals surface area contributed by atoms with Crippen molar-refractivity contribution in [2.75, 3.05) is 29.9 Å². The summed E-state index contributed by atoms with van der Waals surface area (Å²) in [5, 5.41) is 1.13. The van der Waals surface area contributed by atoms with Crippen LogP contribution in [0.15, 0.2) is 35.3 Å². The molecule has 2 aliphatic rings. The number of hydrogen-bond donors (Lipinski definition) is 0. The van der Waals surface area contributed by atoms with Gasteiger partial charge in [0.25, 0.3) is 5.56 Å². The van der Waals surface area contributed by atoms with Gasteiger partial charge in [-0.2, -0.15) is 0 Å². The first kappa shape index (κ1) is 18.2. The summed E-state index contributed by atoms with van der Waals surface area (Å²) >= 11 is 0. The summed E-state index contributed by atoms with van der Waals surface area (Å²) in [6.45, 7) is 5.93. The van der Waals surface area contributed by atoms with E-state index >= 15 is 0 Å². The average Bonchev–Trinajstić information content (AvgIpc) is 3.57. The molecule has 0 bridgehead atoms. The van der Waals surface area contributed by atoms with Crippen LogP contribution in [0, 0.1) is 6.92 Å². The molecule has 0 amide bonds. The Morgan fingerprint density at radius 2 is 1.83 bits per heavy atom. The van der Waals surface area contributed by atoms with Crippen LogP contribution >= 0.6 is 0 Å². The number of rotatable bonds is 3. The summed E-state index contributed by atoms with van der Waals surface area (Å²) in [5.41, 5.74) is 7.91. The van der Waals surface area contributed by atoms with Gasteiger partial charge in [0, 0.05) is 49.7 Å². The van der Waals surface area contributed by atoms with Crippen LogP contribution in [0.2, 0.25) is 0 Å². The first-order valence-electron chi connectivity index (χ1n) is 10.6. The lowest BCUT2D eigenvalue weighted by Crippen LogP contribution is -2.37. The molecular formula is C24H28N4O. The SMILES string of the molecule is CCc1cc(N2CCN(C)c3cc(C4CC4)ncc32)c2cc(C)c(=O)n(C)c2c1. The molecule has 1 aromatic carbocycles. The minimum absolute atomic E-state index is 0.0752. The summed E-state index contributed by atoms with van der Waals surface area (Å²) in [4.78, 5) is 22.1. The highest BCUT2D eigenvalue weighted by Crippen LogP contribution is 2.44. The van der Waals surface area contributed by atoms with Crippen molar-refractivity contribution in [3.63, 3.8) is 0 Å². The van der Waals surface area contributed by atoms with Crippen molar-refractivity contribution in [2.45, 2.75) is 39.0 Å². The molecule has 0 radical (unpaired) electrons. The number of likely N-dealkylation sites (N-methyl/N-ethyl adjacent to an activating group) is 1. The Balaban J connectivity index is 1.74. The van der Waals surface area contributed by atoms with Crippen LogP contribution in [0.1, 0.15) is 42.5 Å². The van der Waals surface area contributed by atoms with Gasteiger partial charge < -0.3 is 14.4 Å². The monoisotopic (exact) mass is 388 g/mol. The van der Waals surface area contributed by atoms with Gasteiger partial charge in [0.1, 0.15) is 0 Å². The van der Waals surface area contributed by atoms with Crippen LogP contribution < -0.4 is 15.4 Å². The number of benzene rings is 1. The van der Waals surface area contributed by atoms with Crippen molar-refractivity contribution in [1.82, 2.24) is 9.55 Å². The van der Waals surface area contributed by atoms with E-state index in [4.69, 9.17) is 4.98 Å². The number of anilines is 3. The zero-order chi connectivity index (χ0) is 20.3. The van der Waals surface area contributed by atoms with E-state index in [1.165, 1.54) is 35.5 Å². The zero-order valence-corrected chi connectivity index (χ0v) is 17.7. The predicted molar refractivity (Wildman–Crippen MR) is 120 cm³/mol. The van der Waals surface area contributed by atoms with Crippen LogP contribution in [0.25, 0.3) is 10.9 Å². The Bertz CT molecular complexity index is 1180. The van der Waals surface area contributed by atoms with E-state index < -0.39 is 0 Å². The molecule has 1 saturated carbocycles. The van der Waals surface area contributed by atoms with Gasteiger partial charge in [0.05, 0.1) is 28.8 Å². The van der Waals surface area contributed by atoms with E-state index in [1.54, 1.807) is 4.57 Å². The van der Waals surface area contributed by atoms with Crippen LogP contribution in [-0.4, -0.2) is 29.7 Å². The third-order valence-corrected chi connectivity index (χ3v) is 6.50. The minimum atomic E-state index is 0.0752. The van der Waals surface area contributed by atoms with Gasteiger partial charge >= 0.3 is 0 Å². The van der Waals surface area contributed by atoms with Crippen molar-refractivity contribution in [1.29, 1.82) is 0 Å². The van der Waals surface area contributed by atoms with Crippen LogP contribution in [0.4, 0.5) is 17.1 Å². The maximum atomic E-state index is 12.6. The lowest BCUT2D eigenvalue weighted by atomic mass is 10.0. The second-order valence-corrected chi connectivity index (χ2v) is 8.54. The van der Waals surface area contributed by atoms with E-state index in [-0.39, 0.29) is 5.56 Å². The Hall–Kier alpha value is -2.82. The largest absolute Gasteiger partial charge is 0.371 e. The molecule has 150 valence electrons. The molecule has 29 heavy (non-hydrogen) atoms. The van der Waals surface area contributed by atoms with Gasteiger partial charge in [-0.1, -0.05) is 6.92 Å². The second kappa shape index (κ2) is 6.61. The maximum Gasteiger partial charge on any atom is 0.253 e. The van der Waals surface area contributed by atoms with Gasteiger partial charge in [-0.3, -0.25) is 9.78 Å². The maximum absolute atomic E-state index is 12.6. The second-order valence-electron chi connectivity index (χ2n) is 8.54. The minimum Gasteiger partial charge on any atom is -0.371 e. The van der Waals surface area contributed by atoms with Crippen molar-refractivity contribution >= 4 is 28.0 Å². The van der Waals surface area contributed by atoms with Crippen LogP contribution in [0.5, 0.6) is 0 Å². The molecule has 5 nitrogen and oxygen atoms in total. The molecule has 0 spiro atoms. The highest BCUT2D eigenvalue weighted by atomic mass is 16.1. The Kier molecular flexibility index (Phi) is 4.16. The fraction of sp³-hybridized carbons (Fsp3) is 0.417. The smallest absolute Gasteiger partial charge is 0.253 e. The molecule has 3 aromatic rings. The van der Waals surface area contributed by atoms with E-state index in [0.29, 0.717) is 5.92 Å². The number of aromatic nitrogens is 2. The fourth-order valence-corrected chi connectivity index (χ4v) is 4.49. The van der Waals surface area contributed by atoms with E-state index in [0.717, 1.165) is 41.7 Å². The van der Waals surface area contributed by atoms with Gasteiger partial charge in [0.15, 0.2) is 0 Å². The molecule has 0 unspecified atom stereocenters. The molecule has 5 rings (SSSR count). The summed E-state index contributed by atoms with van der Waals surface area (Å²) in [6, 6.07) is 8.78. The molecule has 1 fully saturated rings. The van der Waals surface area contributed by atoms with Crippen LogP contribution in [0.3, 0.4) is 0 Å². The van der Waals surface area contributed by atoms with Crippen molar-refractivity contribution in [3.05, 3.63) is 57.6 Å². The van der Waals surface area contributed by atoms with E-state index in [9.17, 15) is 4.79 Å². The fourth-order valence-electron chi connectivity index (χ4n) is 4.49. The third kappa shape index (κ3) is 2.91. The lowest BCUT2D eigenvalue weighted by molar-refractivity contribution is 0.813. The molecule has 2 aromatic heterocycles. The van der Waals surface area contributed by atoms with E-state index in [2.05, 4.69) is 54.2 Å². The summed E-state index contributed by atoms with van der Waals surface area (Å²) in [6.07, 6.45) is 5.51. The zero-order valence-electron chi connectivity index (χ0n) is 17.7. The summed E-state index contributed by atoms with van der Waals surface area (Å²) < 4.78 is 1.79. The van der Waals surface area contributed by atoms with Crippen molar-refractivity contribution in [2.24, 2.45) is 7.05 Å². The number of aryl methyl sites for hydroxylation is 3. The summed E-state index contributed by atoms with van der Waals surface area (Å²) in [7, 11) is 4.05. The molecule has 0 saturated heterocycles. The topological polar surface area (TPSA) is 41.4 Å². The Morgan fingerprint density at radius 1 is 1.03 bits per heavy atom. The average molecular weight is 389 g/mol. The molecule has 3 heterocycles. The quantitative estimate of drug-likeness (QED) is 0.672. The van der Waals surface area contributed by atoms with Gasteiger partial charge in [-0.25, -0.2) is 0 Å².